The standard InChI is InChI=1S/C9H5BrFNO4/c10-6-3-5(1-2-8(13)14)4-7(11)9(6)12(15)16/h1-4H,(H,13,14)/b2-1+. The summed E-state index contributed by atoms with van der Waals surface area (Å²) in [6, 6.07) is 2.16. The third-order valence-electron chi connectivity index (χ3n) is 1.64. The number of nitro benzene ring substituents is 1. The monoisotopic (exact) mass is 289 g/mol. The summed E-state index contributed by atoms with van der Waals surface area (Å²) in [4.78, 5) is 19.8. The molecule has 1 aromatic rings. The molecule has 0 atom stereocenters. The fourth-order valence-electron chi connectivity index (χ4n) is 1.02. The van der Waals surface area contributed by atoms with E-state index in [2.05, 4.69) is 15.9 Å². The quantitative estimate of drug-likeness (QED) is 0.527. The number of carbonyl (C=O) groups is 1. The predicted octanol–water partition coefficient (Wildman–Crippen LogP) is 2.59. The van der Waals surface area contributed by atoms with Crippen LogP contribution >= 0.6 is 15.9 Å². The van der Waals surface area contributed by atoms with Crippen LogP contribution in [0.4, 0.5) is 10.1 Å². The van der Waals surface area contributed by atoms with E-state index in [0.717, 1.165) is 18.2 Å². The second-order valence-electron chi connectivity index (χ2n) is 2.76. The molecular formula is C9H5BrFNO4. The van der Waals surface area contributed by atoms with E-state index in [1.54, 1.807) is 0 Å². The Balaban J connectivity index is 3.20. The summed E-state index contributed by atoms with van der Waals surface area (Å²) in [5.41, 5.74) is -0.454. The van der Waals surface area contributed by atoms with Crippen LogP contribution in [0.2, 0.25) is 0 Å². The minimum atomic E-state index is -1.19. The van der Waals surface area contributed by atoms with Crippen molar-refractivity contribution in [2.24, 2.45) is 0 Å². The van der Waals surface area contributed by atoms with Gasteiger partial charge in [0, 0.05) is 6.08 Å². The van der Waals surface area contributed by atoms with E-state index >= 15 is 0 Å². The van der Waals surface area contributed by atoms with Gasteiger partial charge in [-0.1, -0.05) is 0 Å². The van der Waals surface area contributed by atoms with E-state index < -0.39 is 22.4 Å². The number of carboxylic acid groups (broad SMARTS) is 1. The second-order valence-corrected chi connectivity index (χ2v) is 3.62. The van der Waals surface area contributed by atoms with Gasteiger partial charge in [-0.2, -0.15) is 4.39 Å². The zero-order valence-electron chi connectivity index (χ0n) is 7.68. The van der Waals surface area contributed by atoms with Crippen molar-refractivity contribution in [2.75, 3.05) is 0 Å². The van der Waals surface area contributed by atoms with E-state index in [1.807, 2.05) is 0 Å². The first-order valence-corrected chi connectivity index (χ1v) is 4.75. The fraction of sp³-hybridized carbons (Fsp3) is 0. The minimum absolute atomic E-state index is 0.0393. The molecule has 0 aromatic heterocycles. The smallest absolute Gasteiger partial charge is 0.328 e. The van der Waals surface area contributed by atoms with Gasteiger partial charge in [-0.3, -0.25) is 10.1 Å². The first-order chi connectivity index (χ1) is 7.41. The third-order valence-corrected chi connectivity index (χ3v) is 2.24. The number of halogens is 2. The summed E-state index contributed by atoms with van der Waals surface area (Å²) in [7, 11) is 0. The first kappa shape index (κ1) is 12.3. The highest BCUT2D eigenvalue weighted by Gasteiger charge is 2.19. The van der Waals surface area contributed by atoms with E-state index in [-0.39, 0.29) is 10.0 Å². The van der Waals surface area contributed by atoms with Gasteiger partial charge < -0.3 is 5.11 Å². The molecule has 1 aromatic carbocycles. The SMILES string of the molecule is O=C(O)/C=C/c1cc(F)c([N+](=O)[O-])c(Br)c1. The molecule has 1 rings (SSSR count). The number of rotatable bonds is 3. The van der Waals surface area contributed by atoms with Crippen LogP contribution in [0.25, 0.3) is 6.08 Å². The Kier molecular flexibility index (Phi) is 3.73. The summed E-state index contributed by atoms with van der Waals surface area (Å²) in [6.07, 6.45) is 1.95. The Morgan fingerprint density at radius 2 is 2.19 bits per heavy atom. The highest BCUT2D eigenvalue weighted by Crippen LogP contribution is 2.29. The minimum Gasteiger partial charge on any atom is -0.478 e. The number of nitro groups is 1. The molecule has 0 bridgehead atoms. The van der Waals surface area contributed by atoms with Crippen LogP contribution in [0.5, 0.6) is 0 Å². The molecule has 0 aliphatic heterocycles. The van der Waals surface area contributed by atoms with Crippen LogP contribution in [0.3, 0.4) is 0 Å². The molecule has 0 radical (unpaired) electrons. The van der Waals surface area contributed by atoms with E-state index in [0.29, 0.717) is 0 Å². The largest absolute Gasteiger partial charge is 0.478 e. The van der Waals surface area contributed by atoms with Gasteiger partial charge in [0.05, 0.1) is 9.40 Å². The molecule has 7 heteroatoms. The normalized spacial score (nSPS) is 10.6. The summed E-state index contributed by atoms with van der Waals surface area (Å²) < 4.78 is 13.2. The number of hydrogen-bond donors (Lipinski definition) is 1. The molecule has 0 spiro atoms. The summed E-state index contributed by atoms with van der Waals surface area (Å²) in [5, 5.41) is 18.8. The van der Waals surface area contributed by atoms with E-state index in [9.17, 15) is 19.3 Å². The molecule has 5 nitrogen and oxygen atoms in total. The molecule has 0 saturated carbocycles. The van der Waals surface area contributed by atoms with Crippen molar-refractivity contribution in [2.45, 2.75) is 0 Å². The molecule has 0 saturated heterocycles. The zero-order valence-corrected chi connectivity index (χ0v) is 9.27. The van der Waals surface area contributed by atoms with E-state index in [1.165, 1.54) is 6.07 Å². The van der Waals surface area contributed by atoms with Gasteiger partial charge in [0.15, 0.2) is 0 Å². The molecule has 0 fully saturated rings. The molecular weight excluding hydrogens is 285 g/mol. The summed E-state index contributed by atoms with van der Waals surface area (Å²) in [5.74, 6) is -2.21. The molecule has 1 N–H and O–H groups in total. The van der Waals surface area contributed by atoms with Crippen LogP contribution in [0, 0.1) is 15.9 Å². The van der Waals surface area contributed by atoms with Crippen molar-refractivity contribution in [3.63, 3.8) is 0 Å². The molecule has 16 heavy (non-hydrogen) atoms. The lowest BCUT2D eigenvalue weighted by Crippen LogP contribution is -1.95. The van der Waals surface area contributed by atoms with Gasteiger partial charge in [0.2, 0.25) is 5.82 Å². The zero-order chi connectivity index (χ0) is 12.3. The maximum Gasteiger partial charge on any atom is 0.328 e. The Bertz CT molecular complexity index is 463. The van der Waals surface area contributed by atoms with E-state index in [4.69, 9.17) is 5.11 Å². The van der Waals surface area contributed by atoms with Gasteiger partial charge in [0.1, 0.15) is 0 Å². The Morgan fingerprint density at radius 3 is 2.62 bits per heavy atom. The fourth-order valence-corrected chi connectivity index (χ4v) is 1.62. The lowest BCUT2D eigenvalue weighted by Gasteiger charge is -1.99. The van der Waals surface area contributed by atoms with Gasteiger partial charge >= 0.3 is 11.7 Å². The number of aliphatic carboxylic acids is 1. The van der Waals surface area contributed by atoms with Crippen molar-refractivity contribution in [1.29, 1.82) is 0 Å². The molecule has 0 amide bonds. The molecule has 84 valence electrons. The third kappa shape index (κ3) is 2.86. The molecule has 0 aliphatic rings. The molecule has 0 heterocycles. The number of benzene rings is 1. The van der Waals surface area contributed by atoms with Crippen molar-refractivity contribution in [3.05, 3.63) is 44.2 Å². The van der Waals surface area contributed by atoms with Crippen LogP contribution < -0.4 is 0 Å². The van der Waals surface area contributed by atoms with Crippen molar-refractivity contribution in [1.82, 2.24) is 0 Å². The summed E-state index contributed by atoms with van der Waals surface area (Å²) >= 11 is 2.84. The molecule has 0 aliphatic carbocycles. The van der Waals surface area contributed by atoms with Crippen molar-refractivity contribution in [3.8, 4) is 0 Å². The number of nitrogens with zero attached hydrogens (tertiary/aromatic N) is 1. The lowest BCUT2D eigenvalue weighted by atomic mass is 10.2. The Labute approximate surface area is 97.5 Å². The molecule has 0 unspecified atom stereocenters. The van der Waals surface area contributed by atoms with Gasteiger partial charge in [-0.05, 0) is 39.7 Å². The van der Waals surface area contributed by atoms with Crippen molar-refractivity contribution >= 4 is 33.7 Å². The summed E-state index contributed by atoms with van der Waals surface area (Å²) in [6.45, 7) is 0. The maximum absolute atomic E-state index is 13.2. The van der Waals surface area contributed by atoms with Crippen LogP contribution in [0.15, 0.2) is 22.7 Å². The van der Waals surface area contributed by atoms with Crippen LogP contribution in [-0.2, 0) is 4.79 Å². The predicted molar refractivity (Wildman–Crippen MR) is 57.4 cm³/mol. The topological polar surface area (TPSA) is 80.4 Å². The Hall–Kier alpha value is -1.76. The number of carboxylic acids is 1. The van der Waals surface area contributed by atoms with Crippen LogP contribution in [0.1, 0.15) is 5.56 Å². The maximum atomic E-state index is 13.2. The first-order valence-electron chi connectivity index (χ1n) is 3.96. The van der Waals surface area contributed by atoms with Gasteiger partial charge in [-0.25, -0.2) is 4.79 Å². The number of hydrogen-bond acceptors (Lipinski definition) is 3. The average Bonchev–Trinajstić information content (AvgIpc) is 2.12. The lowest BCUT2D eigenvalue weighted by molar-refractivity contribution is -0.388. The van der Waals surface area contributed by atoms with Crippen LogP contribution in [-0.4, -0.2) is 16.0 Å². The van der Waals surface area contributed by atoms with Gasteiger partial charge in [0.25, 0.3) is 0 Å². The van der Waals surface area contributed by atoms with Gasteiger partial charge in [-0.15, -0.1) is 0 Å². The second kappa shape index (κ2) is 4.84. The van der Waals surface area contributed by atoms with Crippen molar-refractivity contribution < 1.29 is 19.2 Å². The Morgan fingerprint density at radius 1 is 1.56 bits per heavy atom. The average molecular weight is 290 g/mol. The highest BCUT2D eigenvalue weighted by atomic mass is 79.9. The highest BCUT2D eigenvalue weighted by molar-refractivity contribution is 9.10.